The Morgan fingerprint density at radius 3 is 2.10 bits per heavy atom. The number of carbonyl (C=O) groups is 1. The number of halogens is 9. The fraction of sp³-hybridized carbons (Fsp3) is 0.720. The molecule has 0 amide bonds. The molecule has 0 unspecified atom stereocenters. The van der Waals surface area contributed by atoms with Gasteiger partial charge in [0.1, 0.15) is 17.3 Å². The number of aliphatic carboxylic acids is 1. The lowest BCUT2D eigenvalue weighted by molar-refractivity contribution is -0.148. The molecule has 0 spiro atoms. The molecule has 1 aromatic rings. The summed E-state index contributed by atoms with van der Waals surface area (Å²) in [6.45, 7) is 0.743. The highest BCUT2D eigenvalue weighted by Crippen LogP contribution is 2.51. The van der Waals surface area contributed by atoms with Crippen molar-refractivity contribution in [1.29, 1.82) is 0 Å². The average Bonchev–Trinajstić information content (AvgIpc) is 2.86. The summed E-state index contributed by atoms with van der Waals surface area (Å²) in [7, 11) is -5.85. The summed E-state index contributed by atoms with van der Waals surface area (Å²) in [6.07, 6.45) is -9.72. The van der Waals surface area contributed by atoms with E-state index in [9.17, 15) is 49.1 Å². The van der Waals surface area contributed by atoms with E-state index in [4.69, 9.17) is 4.74 Å². The monoisotopic (exact) mass is 627 g/mol. The predicted molar refractivity (Wildman–Crippen MR) is 128 cm³/mol. The molecule has 3 rings (SSSR count). The Kier molecular flexibility index (Phi) is 8.65. The largest absolute Gasteiger partial charge is 0.492 e. The van der Waals surface area contributed by atoms with Crippen LogP contribution in [0.1, 0.15) is 64.9 Å². The van der Waals surface area contributed by atoms with Gasteiger partial charge in [0.15, 0.2) is 0 Å². The van der Waals surface area contributed by atoms with Gasteiger partial charge in [-0.3, -0.25) is 4.79 Å². The van der Waals surface area contributed by atoms with Gasteiger partial charge in [0.2, 0.25) is 21.7 Å². The fourth-order valence-electron chi connectivity index (χ4n) is 4.83. The number of rotatable bonds is 8. The van der Waals surface area contributed by atoms with E-state index in [2.05, 4.69) is 0 Å². The van der Waals surface area contributed by atoms with Crippen LogP contribution in [0, 0.1) is 11.3 Å². The molecule has 1 N–H and O–H groups in total. The maximum Gasteiger partial charge on any atom is 0.420 e. The van der Waals surface area contributed by atoms with Gasteiger partial charge in [0.05, 0.1) is 22.6 Å². The number of carboxylic acids is 1. The van der Waals surface area contributed by atoms with Crippen LogP contribution in [0.15, 0.2) is 17.0 Å². The van der Waals surface area contributed by atoms with Crippen LogP contribution in [-0.2, 0) is 20.8 Å². The molecule has 1 saturated carbocycles. The van der Waals surface area contributed by atoms with E-state index >= 15 is 8.78 Å². The molecular formula is C25H30F9NO5S. The number of hydrogen-bond acceptors (Lipinski definition) is 5. The highest BCUT2D eigenvalue weighted by molar-refractivity contribution is 7.92. The van der Waals surface area contributed by atoms with Crippen LogP contribution in [0.5, 0.6) is 5.75 Å². The van der Waals surface area contributed by atoms with Gasteiger partial charge in [-0.1, -0.05) is 0 Å². The van der Waals surface area contributed by atoms with E-state index in [0.717, 1.165) is 18.7 Å². The molecule has 1 aromatic carbocycles. The number of hydrogen-bond donors (Lipinski definition) is 1. The molecule has 0 radical (unpaired) electrons. The molecule has 0 bridgehead atoms. The molecule has 2 aliphatic rings. The smallest absolute Gasteiger partial charge is 0.420 e. The summed E-state index contributed by atoms with van der Waals surface area (Å²) in [6, 6.07) is -0.614. The van der Waals surface area contributed by atoms with Crippen molar-refractivity contribution in [1.82, 2.24) is 0 Å². The number of ether oxygens (including phenoxy) is 1. The number of sulfone groups is 1. The lowest BCUT2D eigenvalue weighted by Gasteiger charge is -2.40. The summed E-state index contributed by atoms with van der Waals surface area (Å²) in [4.78, 5) is 11.0. The lowest BCUT2D eigenvalue weighted by Crippen LogP contribution is -2.46. The first-order valence-electron chi connectivity index (χ1n) is 12.7. The fourth-order valence-corrected chi connectivity index (χ4v) is 6.47. The zero-order chi connectivity index (χ0) is 31.4. The molecule has 1 aliphatic carbocycles. The maximum atomic E-state index is 15.7. The van der Waals surface area contributed by atoms with Gasteiger partial charge < -0.3 is 14.7 Å². The summed E-state index contributed by atoms with van der Waals surface area (Å²) >= 11 is 0. The second kappa shape index (κ2) is 10.7. The zero-order valence-corrected chi connectivity index (χ0v) is 23.1. The topological polar surface area (TPSA) is 83.9 Å². The quantitative estimate of drug-likeness (QED) is 0.312. The first kappa shape index (κ1) is 33.1. The van der Waals surface area contributed by atoms with E-state index in [-0.39, 0.29) is 25.0 Å². The highest BCUT2D eigenvalue weighted by Gasteiger charge is 2.58. The SMILES string of the molecule is CC(F)(F)CC[C@H]1CN(C2CCC(F)(F)CC2)c2cc(C(F)(F)F)c(OCC(C)(C)C(=O)O)cc2S(=O)(=O)C1(F)F. The third-order valence-electron chi connectivity index (χ3n) is 7.44. The van der Waals surface area contributed by atoms with E-state index in [1.807, 2.05) is 0 Å². The Morgan fingerprint density at radius 1 is 1.05 bits per heavy atom. The Morgan fingerprint density at radius 2 is 1.61 bits per heavy atom. The normalized spacial score (nSPS) is 23.0. The van der Waals surface area contributed by atoms with E-state index in [1.165, 1.54) is 0 Å². The molecule has 1 heterocycles. The lowest BCUT2D eigenvalue weighted by atomic mass is 9.89. The second-order valence-electron chi connectivity index (χ2n) is 11.4. The number of nitrogens with zero attached hydrogens (tertiary/aromatic N) is 1. The van der Waals surface area contributed by atoms with Crippen molar-refractivity contribution in [2.75, 3.05) is 18.1 Å². The van der Waals surface area contributed by atoms with E-state index in [0.29, 0.717) is 6.92 Å². The summed E-state index contributed by atoms with van der Waals surface area (Å²) in [5, 5.41) is 4.53. The van der Waals surface area contributed by atoms with Gasteiger partial charge >= 0.3 is 17.4 Å². The molecular weight excluding hydrogens is 597 g/mol. The first-order valence-corrected chi connectivity index (χ1v) is 14.1. The second-order valence-corrected chi connectivity index (χ2v) is 13.4. The van der Waals surface area contributed by atoms with Gasteiger partial charge in [-0.05, 0) is 46.1 Å². The summed E-state index contributed by atoms with van der Waals surface area (Å²) in [5.41, 5.74) is -4.22. The summed E-state index contributed by atoms with van der Waals surface area (Å²) < 4.78 is 160. The Labute approximate surface area is 230 Å². The van der Waals surface area contributed by atoms with Gasteiger partial charge in [0, 0.05) is 37.9 Å². The van der Waals surface area contributed by atoms with Gasteiger partial charge in [-0.15, -0.1) is 0 Å². The molecule has 1 fully saturated rings. The van der Waals surface area contributed by atoms with Crippen LogP contribution in [0.4, 0.5) is 45.2 Å². The predicted octanol–water partition coefficient (Wildman–Crippen LogP) is 7.01. The molecule has 41 heavy (non-hydrogen) atoms. The highest BCUT2D eigenvalue weighted by atomic mass is 32.2. The van der Waals surface area contributed by atoms with Crippen molar-refractivity contribution in [3.63, 3.8) is 0 Å². The van der Waals surface area contributed by atoms with Gasteiger partial charge in [0.25, 0.3) is 0 Å². The molecule has 1 atom stereocenters. The molecule has 0 aromatic heterocycles. The number of alkyl halides is 9. The zero-order valence-electron chi connectivity index (χ0n) is 22.3. The van der Waals surface area contributed by atoms with Crippen molar-refractivity contribution < 1.29 is 62.6 Å². The molecule has 6 nitrogen and oxygen atoms in total. The minimum absolute atomic E-state index is 0.223. The Balaban J connectivity index is 2.25. The Hall–Kier alpha value is -2.39. The van der Waals surface area contributed by atoms with E-state index < -0.39 is 117 Å². The minimum Gasteiger partial charge on any atom is -0.492 e. The average molecular weight is 628 g/mol. The number of benzene rings is 1. The van der Waals surface area contributed by atoms with Crippen LogP contribution in [0.2, 0.25) is 0 Å². The van der Waals surface area contributed by atoms with Crippen LogP contribution < -0.4 is 9.64 Å². The van der Waals surface area contributed by atoms with Gasteiger partial charge in [-0.25, -0.2) is 26.0 Å². The molecule has 0 saturated heterocycles. The minimum atomic E-state index is -5.85. The van der Waals surface area contributed by atoms with Crippen molar-refractivity contribution in [3.8, 4) is 5.75 Å². The molecule has 1 aliphatic heterocycles. The van der Waals surface area contributed by atoms with E-state index in [1.54, 1.807) is 0 Å². The van der Waals surface area contributed by atoms with Crippen molar-refractivity contribution in [3.05, 3.63) is 17.7 Å². The van der Waals surface area contributed by atoms with Crippen molar-refractivity contribution >= 4 is 21.5 Å². The number of fused-ring (bicyclic) bond motifs is 1. The molecule has 234 valence electrons. The number of anilines is 1. The van der Waals surface area contributed by atoms with Crippen molar-refractivity contribution in [2.24, 2.45) is 11.3 Å². The Bertz CT molecular complexity index is 1250. The number of carboxylic acid groups (broad SMARTS) is 1. The van der Waals surface area contributed by atoms with Crippen LogP contribution in [0.25, 0.3) is 0 Å². The van der Waals surface area contributed by atoms with Gasteiger partial charge in [-0.2, -0.15) is 22.0 Å². The first-order chi connectivity index (χ1) is 18.4. The standard InChI is InChI=1S/C25H30F9NO5S/c1-21(2,20(36)37)13-40-18-11-19-17(10-16(18)24(30,31)32)35(15-5-8-23(28,29)9-6-15)12-14(4-7-22(3,26)27)25(33,34)41(19,38)39/h10-11,14-15H,4-9,12-13H2,1-3H3,(H,36,37)/t14-/m0/s1. The molecule has 16 heteroatoms. The third-order valence-corrected chi connectivity index (χ3v) is 9.40. The third kappa shape index (κ3) is 6.99. The summed E-state index contributed by atoms with van der Waals surface area (Å²) in [5.74, 6) is -11.6. The van der Waals surface area contributed by atoms with Crippen LogP contribution in [-0.4, -0.2) is 55.8 Å². The maximum absolute atomic E-state index is 15.7. The van der Waals surface area contributed by atoms with Crippen molar-refractivity contribution in [2.45, 2.75) is 93.5 Å². The van der Waals surface area contributed by atoms with Crippen LogP contribution >= 0.6 is 0 Å². The van der Waals surface area contributed by atoms with Crippen LogP contribution in [0.3, 0.4) is 0 Å².